The molecule has 0 saturated carbocycles. The molecule has 0 aliphatic heterocycles. The Bertz CT molecular complexity index is 513. The fourth-order valence-corrected chi connectivity index (χ4v) is 3.26. The molecule has 0 atom stereocenters. The van der Waals surface area contributed by atoms with Crippen molar-refractivity contribution in [1.29, 1.82) is 0 Å². The Balaban J connectivity index is 1.91. The van der Waals surface area contributed by atoms with E-state index in [1.165, 1.54) is 89.2 Å². The highest BCUT2D eigenvalue weighted by Crippen LogP contribution is 2.23. The van der Waals surface area contributed by atoms with E-state index >= 15 is 0 Å². The number of carboxylic acids is 1. The van der Waals surface area contributed by atoms with Crippen LogP contribution in [0.1, 0.15) is 107 Å². The Morgan fingerprint density at radius 2 is 1.30 bits per heavy atom. The lowest BCUT2D eigenvalue weighted by atomic mass is 10.0. The Hall–Kier alpha value is -1.71. The summed E-state index contributed by atoms with van der Waals surface area (Å²) in [5, 5.41) is 18.5. The van der Waals surface area contributed by atoms with Crippen LogP contribution in [0.3, 0.4) is 0 Å². The molecule has 0 fully saturated rings. The van der Waals surface area contributed by atoms with Crippen molar-refractivity contribution in [2.24, 2.45) is 0 Å². The number of carbonyl (C=O) groups is 1. The normalized spacial score (nSPS) is 10.9. The molecule has 27 heavy (non-hydrogen) atoms. The molecular weight excluding hydrogens is 340 g/mol. The van der Waals surface area contributed by atoms with Gasteiger partial charge >= 0.3 is 5.97 Å². The number of benzene rings is 1. The number of phenols is 1. The Kier molecular flexibility index (Phi) is 13.3. The third-order valence-electron chi connectivity index (χ3n) is 4.97. The van der Waals surface area contributed by atoms with Crippen molar-refractivity contribution in [2.75, 3.05) is 6.61 Å². The van der Waals surface area contributed by atoms with Gasteiger partial charge in [-0.3, -0.25) is 0 Å². The van der Waals surface area contributed by atoms with E-state index in [1.54, 1.807) is 6.07 Å². The van der Waals surface area contributed by atoms with Crippen molar-refractivity contribution in [2.45, 2.75) is 96.8 Å². The third kappa shape index (κ3) is 11.6. The molecule has 0 spiro atoms. The van der Waals surface area contributed by atoms with E-state index in [1.807, 2.05) is 0 Å². The lowest BCUT2D eigenvalue weighted by Crippen LogP contribution is -2.01. The van der Waals surface area contributed by atoms with E-state index in [4.69, 9.17) is 9.84 Å². The first kappa shape index (κ1) is 23.3. The van der Waals surface area contributed by atoms with E-state index in [0.29, 0.717) is 12.4 Å². The molecule has 0 amide bonds. The molecule has 1 aromatic carbocycles. The number of aromatic hydroxyl groups is 1. The highest BCUT2D eigenvalue weighted by molar-refractivity contribution is 5.91. The van der Waals surface area contributed by atoms with Crippen LogP contribution in [0.2, 0.25) is 0 Å². The van der Waals surface area contributed by atoms with Crippen molar-refractivity contribution in [3.63, 3.8) is 0 Å². The summed E-state index contributed by atoms with van der Waals surface area (Å²) in [6, 6.07) is 4.34. The summed E-state index contributed by atoms with van der Waals surface area (Å²) in [7, 11) is 0. The standard InChI is InChI=1S/C23H38O4/c1-2-3-4-5-6-7-8-9-10-11-12-13-14-15-18-27-20-16-17-22(24)21(19-20)23(25)26/h16-17,19,24H,2-15,18H2,1H3,(H,25,26). The largest absolute Gasteiger partial charge is 0.507 e. The fourth-order valence-electron chi connectivity index (χ4n) is 3.26. The zero-order valence-electron chi connectivity index (χ0n) is 17.0. The molecule has 0 aromatic heterocycles. The smallest absolute Gasteiger partial charge is 0.339 e. The highest BCUT2D eigenvalue weighted by Gasteiger charge is 2.10. The van der Waals surface area contributed by atoms with Crippen LogP contribution < -0.4 is 4.74 Å². The van der Waals surface area contributed by atoms with Gasteiger partial charge in [0.05, 0.1) is 6.61 Å². The van der Waals surface area contributed by atoms with Crippen LogP contribution in [0.25, 0.3) is 0 Å². The van der Waals surface area contributed by atoms with Crippen LogP contribution in [0.15, 0.2) is 18.2 Å². The SMILES string of the molecule is CCCCCCCCCCCCCCCCOc1ccc(O)c(C(=O)O)c1. The summed E-state index contributed by atoms with van der Waals surface area (Å²) in [4.78, 5) is 11.0. The monoisotopic (exact) mass is 378 g/mol. The van der Waals surface area contributed by atoms with Gasteiger partial charge in [0, 0.05) is 0 Å². The van der Waals surface area contributed by atoms with Crippen LogP contribution in [0, 0.1) is 0 Å². The lowest BCUT2D eigenvalue weighted by Gasteiger charge is -2.08. The Morgan fingerprint density at radius 1 is 0.815 bits per heavy atom. The fraction of sp³-hybridized carbons (Fsp3) is 0.696. The second-order valence-corrected chi connectivity index (χ2v) is 7.43. The zero-order chi connectivity index (χ0) is 19.7. The molecule has 154 valence electrons. The molecule has 2 N–H and O–H groups in total. The Morgan fingerprint density at radius 3 is 1.78 bits per heavy atom. The second-order valence-electron chi connectivity index (χ2n) is 7.43. The van der Waals surface area contributed by atoms with E-state index in [-0.39, 0.29) is 11.3 Å². The molecular formula is C23H38O4. The molecule has 0 unspecified atom stereocenters. The zero-order valence-corrected chi connectivity index (χ0v) is 17.0. The van der Waals surface area contributed by atoms with E-state index in [0.717, 1.165) is 12.8 Å². The molecule has 4 heteroatoms. The average molecular weight is 379 g/mol. The van der Waals surface area contributed by atoms with Crippen LogP contribution in [-0.2, 0) is 0 Å². The molecule has 0 saturated heterocycles. The first-order chi connectivity index (χ1) is 13.1. The summed E-state index contributed by atoms with van der Waals surface area (Å²) in [5.74, 6) is -0.874. The predicted molar refractivity (Wildman–Crippen MR) is 111 cm³/mol. The molecule has 1 aromatic rings. The minimum Gasteiger partial charge on any atom is -0.507 e. The first-order valence-electron chi connectivity index (χ1n) is 10.8. The second kappa shape index (κ2) is 15.4. The van der Waals surface area contributed by atoms with Crippen molar-refractivity contribution >= 4 is 5.97 Å². The summed E-state index contributed by atoms with van der Waals surface area (Å²) in [5.41, 5.74) is -0.117. The van der Waals surface area contributed by atoms with Gasteiger partial charge in [-0.05, 0) is 24.6 Å². The van der Waals surface area contributed by atoms with Crippen molar-refractivity contribution in [3.05, 3.63) is 23.8 Å². The molecule has 0 aliphatic rings. The topological polar surface area (TPSA) is 66.8 Å². The van der Waals surface area contributed by atoms with Gasteiger partial charge in [0.2, 0.25) is 0 Å². The van der Waals surface area contributed by atoms with Gasteiger partial charge in [-0.2, -0.15) is 0 Å². The minimum absolute atomic E-state index is 0.117. The minimum atomic E-state index is -1.14. The quantitative estimate of drug-likeness (QED) is 0.288. The number of carboxylic acid groups (broad SMARTS) is 1. The molecule has 0 heterocycles. The van der Waals surface area contributed by atoms with Gasteiger partial charge in [0.15, 0.2) is 0 Å². The summed E-state index contributed by atoms with van der Waals surface area (Å²) >= 11 is 0. The van der Waals surface area contributed by atoms with Crippen molar-refractivity contribution in [1.82, 2.24) is 0 Å². The lowest BCUT2D eigenvalue weighted by molar-refractivity contribution is 0.0693. The first-order valence-corrected chi connectivity index (χ1v) is 10.8. The summed E-state index contributed by atoms with van der Waals surface area (Å²) < 4.78 is 5.58. The molecule has 0 bridgehead atoms. The summed E-state index contributed by atoms with van der Waals surface area (Å²) in [6.45, 7) is 2.85. The van der Waals surface area contributed by atoms with E-state index in [2.05, 4.69) is 6.92 Å². The van der Waals surface area contributed by atoms with Gasteiger partial charge in [-0.15, -0.1) is 0 Å². The number of aromatic carboxylic acids is 1. The van der Waals surface area contributed by atoms with E-state index in [9.17, 15) is 9.90 Å². The maximum absolute atomic E-state index is 11.0. The average Bonchev–Trinajstić information content (AvgIpc) is 2.66. The number of rotatable bonds is 17. The molecule has 1 rings (SSSR count). The van der Waals surface area contributed by atoms with E-state index < -0.39 is 5.97 Å². The molecule has 0 radical (unpaired) electrons. The highest BCUT2D eigenvalue weighted by atomic mass is 16.5. The number of hydrogen-bond acceptors (Lipinski definition) is 3. The van der Waals surface area contributed by atoms with Gasteiger partial charge in [0.1, 0.15) is 17.1 Å². The van der Waals surface area contributed by atoms with Crippen molar-refractivity contribution < 1.29 is 19.7 Å². The number of ether oxygens (including phenoxy) is 1. The van der Waals surface area contributed by atoms with Gasteiger partial charge in [-0.25, -0.2) is 4.79 Å². The predicted octanol–water partition coefficient (Wildman–Crippen LogP) is 6.95. The van der Waals surface area contributed by atoms with Crippen LogP contribution in [-0.4, -0.2) is 22.8 Å². The van der Waals surface area contributed by atoms with Gasteiger partial charge in [0.25, 0.3) is 0 Å². The Labute approximate surface area is 164 Å². The maximum Gasteiger partial charge on any atom is 0.339 e. The van der Waals surface area contributed by atoms with Gasteiger partial charge in [-0.1, -0.05) is 90.4 Å². The summed E-state index contributed by atoms with van der Waals surface area (Å²) in [6.07, 6.45) is 18.5. The number of hydrogen-bond donors (Lipinski definition) is 2. The van der Waals surface area contributed by atoms with Crippen LogP contribution >= 0.6 is 0 Å². The third-order valence-corrected chi connectivity index (χ3v) is 4.97. The van der Waals surface area contributed by atoms with Crippen molar-refractivity contribution in [3.8, 4) is 11.5 Å². The number of unbranched alkanes of at least 4 members (excludes halogenated alkanes) is 13. The maximum atomic E-state index is 11.0. The molecule has 0 aliphatic carbocycles. The van der Waals surface area contributed by atoms with Crippen LogP contribution in [0.5, 0.6) is 11.5 Å². The van der Waals surface area contributed by atoms with Crippen LogP contribution in [0.4, 0.5) is 0 Å². The van der Waals surface area contributed by atoms with Gasteiger partial charge < -0.3 is 14.9 Å². The molecule has 4 nitrogen and oxygen atoms in total.